The molecule has 0 spiro atoms. The summed E-state index contributed by atoms with van der Waals surface area (Å²) in [6.07, 6.45) is 2.25. The number of pyridine rings is 1. The molecule has 3 rings (SSSR count). The molecule has 0 radical (unpaired) electrons. The fraction of sp³-hybridized carbons (Fsp3) is 0.312. The average molecular weight is 353 g/mol. The van der Waals surface area contributed by atoms with E-state index in [1.807, 2.05) is 24.3 Å². The standard InChI is InChI=1S/C16H18Cl2N4O/c1-23-11-6-4-10(5-7-11)20-15-12(17)14(19)13(18)16(21-15)22-8-2-3-9-22/h4-7H,2-3,8-9H2,1H3,(H3,19,20,21). The van der Waals surface area contributed by atoms with Crippen LogP contribution in [0.3, 0.4) is 0 Å². The Morgan fingerprint density at radius 2 is 1.78 bits per heavy atom. The van der Waals surface area contributed by atoms with Crippen molar-refractivity contribution in [3.05, 3.63) is 34.3 Å². The van der Waals surface area contributed by atoms with Crippen LogP contribution in [0, 0.1) is 0 Å². The monoisotopic (exact) mass is 352 g/mol. The summed E-state index contributed by atoms with van der Waals surface area (Å²) in [5, 5.41) is 3.93. The number of hydrogen-bond acceptors (Lipinski definition) is 5. The van der Waals surface area contributed by atoms with Crippen LogP contribution in [-0.2, 0) is 0 Å². The molecule has 1 aromatic heterocycles. The Morgan fingerprint density at radius 3 is 2.39 bits per heavy atom. The molecule has 1 saturated heterocycles. The van der Waals surface area contributed by atoms with E-state index < -0.39 is 0 Å². The van der Waals surface area contributed by atoms with Gasteiger partial charge in [-0.25, -0.2) is 4.98 Å². The second-order valence-electron chi connectivity index (χ2n) is 5.37. The van der Waals surface area contributed by atoms with E-state index in [1.165, 1.54) is 0 Å². The first kappa shape index (κ1) is 16.0. The molecule has 1 aliphatic heterocycles. The molecule has 2 aromatic rings. The number of halogens is 2. The van der Waals surface area contributed by atoms with Gasteiger partial charge in [-0.3, -0.25) is 0 Å². The maximum atomic E-state index is 6.34. The molecular formula is C16H18Cl2N4O. The van der Waals surface area contributed by atoms with Crippen LogP contribution < -0.4 is 20.7 Å². The quantitative estimate of drug-likeness (QED) is 0.857. The first-order valence-corrected chi connectivity index (χ1v) is 8.16. The van der Waals surface area contributed by atoms with Crippen LogP contribution >= 0.6 is 23.2 Å². The summed E-state index contributed by atoms with van der Waals surface area (Å²) in [7, 11) is 1.63. The summed E-state index contributed by atoms with van der Waals surface area (Å²) in [6.45, 7) is 1.85. The van der Waals surface area contributed by atoms with Gasteiger partial charge in [-0.2, -0.15) is 0 Å². The minimum absolute atomic E-state index is 0.328. The van der Waals surface area contributed by atoms with Crippen LogP contribution in [0.2, 0.25) is 10.0 Å². The van der Waals surface area contributed by atoms with E-state index in [-0.39, 0.29) is 0 Å². The molecule has 0 bridgehead atoms. The third-order valence-electron chi connectivity index (χ3n) is 3.85. The van der Waals surface area contributed by atoms with Crippen molar-refractivity contribution in [1.82, 2.24) is 4.98 Å². The summed E-state index contributed by atoms with van der Waals surface area (Å²) >= 11 is 12.6. The van der Waals surface area contributed by atoms with Gasteiger partial charge in [-0.1, -0.05) is 23.2 Å². The maximum Gasteiger partial charge on any atom is 0.153 e. The lowest BCUT2D eigenvalue weighted by molar-refractivity contribution is 0.415. The van der Waals surface area contributed by atoms with Gasteiger partial charge in [0.15, 0.2) is 11.6 Å². The number of methoxy groups -OCH3 is 1. The van der Waals surface area contributed by atoms with Gasteiger partial charge in [-0.05, 0) is 37.1 Å². The van der Waals surface area contributed by atoms with Gasteiger partial charge in [0.2, 0.25) is 0 Å². The topological polar surface area (TPSA) is 63.4 Å². The molecule has 122 valence electrons. The van der Waals surface area contributed by atoms with Crippen molar-refractivity contribution >= 4 is 46.2 Å². The summed E-state index contributed by atoms with van der Waals surface area (Å²) in [4.78, 5) is 6.73. The van der Waals surface area contributed by atoms with E-state index >= 15 is 0 Å². The number of rotatable bonds is 4. The lowest BCUT2D eigenvalue weighted by Crippen LogP contribution is -2.20. The van der Waals surface area contributed by atoms with E-state index in [0.717, 1.165) is 37.4 Å². The number of benzene rings is 1. The molecule has 1 aliphatic rings. The number of ether oxygens (including phenoxy) is 1. The van der Waals surface area contributed by atoms with E-state index in [0.29, 0.717) is 27.4 Å². The predicted octanol–water partition coefficient (Wildman–Crippen LogP) is 4.32. The SMILES string of the molecule is COc1ccc(Nc2nc(N3CCCC3)c(Cl)c(N)c2Cl)cc1. The Balaban J connectivity index is 1.94. The van der Waals surface area contributed by atoms with Crippen LogP contribution in [0.5, 0.6) is 5.75 Å². The third-order valence-corrected chi connectivity index (χ3v) is 4.61. The normalized spacial score (nSPS) is 14.1. The molecule has 5 nitrogen and oxygen atoms in total. The zero-order chi connectivity index (χ0) is 16.4. The number of nitrogens with zero attached hydrogens (tertiary/aromatic N) is 2. The Hall–Kier alpha value is -1.85. The second-order valence-corrected chi connectivity index (χ2v) is 6.13. The minimum Gasteiger partial charge on any atom is -0.497 e. The molecule has 1 fully saturated rings. The number of anilines is 4. The van der Waals surface area contributed by atoms with Gasteiger partial charge in [0, 0.05) is 18.8 Å². The Labute approximate surface area is 145 Å². The highest BCUT2D eigenvalue weighted by atomic mass is 35.5. The summed E-state index contributed by atoms with van der Waals surface area (Å²) in [6, 6.07) is 7.49. The highest BCUT2D eigenvalue weighted by molar-refractivity contribution is 6.41. The van der Waals surface area contributed by atoms with Crippen LogP contribution in [0.15, 0.2) is 24.3 Å². The summed E-state index contributed by atoms with van der Waals surface area (Å²) in [5.41, 5.74) is 7.25. The van der Waals surface area contributed by atoms with Gasteiger partial charge in [0.25, 0.3) is 0 Å². The van der Waals surface area contributed by atoms with Gasteiger partial charge >= 0.3 is 0 Å². The molecule has 0 unspecified atom stereocenters. The number of nitrogens with two attached hydrogens (primary N) is 1. The van der Waals surface area contributed by atoms with Crippen LogP contribution in [-0.4, -0.2) is 25.2 Å². The number of nitrogens with one attached hydrogen (secondary N) is 1. The zero-order valence-corrected chi connectivity index (χ0v) is 14.3. The van der Waals surface area contributed by atoms with Crippen molar-refractivity contribution in [3.8, 4) is 5.75 Å². The van der Waals surface area contributed by atoms with Gasteiger partial charge in [0.05, 0.1) is 12.8 Å². The lowest BCUT2D eigenvalue weighted by atomic mass is 10.3. The Kier molecular flexibility index (Phi) is 4.68. The smallest absolute Gasteiger partial charge is 0.153 e. The Bertz CT molecular complexity index is 700. The highest BCUT2D eigenvalue weighted by Gasteiger charge is 2.22. The molecule has 0 amide bonds. The second kappa shape index (κ2) is 6.72. The first-order chi connectivity index (χ1) is 11.1. The highest BCUT2D eigenvalue weighted by Crippen LogP contribution is 2.40. The molecule has 2 heterocycles. The van der Waals surface area contributed by atoms with Gasteiger partial charge in [0.1, 0.15) is 15.8 Å². The minimum atomic E-state index is 0.328. The molecule has 0 saturated carbocycles. The van der Waals surface area contributed by atoms with E-state index in [1.54, 1.807) is 7.11 Å². The van der Waals surface area contributed by atoms with Gasteiger partial charge < -0.3 is 20.7 Å². The van der Waals surface area contributed by atoms with Crippen LogP contribution in [0.4, 0.5) is 23.0 Å². The lowest BCUT2D eigenvalue weighted by Gasteiger charge is -2.21. The molecule has 23 heavy (non-hydrogen) atoms. The maximum absolute atomic E-state index is 6.34. The third kappa shape index (κ3) is 3.26. The van der Waals surface area contributed by atoms with E-state index in [4.69, 9.17) is 33.7 Å². The molecule has 3 N–H and O–H groups in total. The van der Waals surface area contributed by atoms with E-state index in [9.17, 15) is 0 Å². The predicted molar refractivity (Wildman–Crippen MR) is 96.4 cm³/mol. The summed E-state index contributed by atoms with van der Waals surface area (Å²) in [5.74, 6) is 1.96. The molecule has 0 aliphatic carbocycles. The van der Waals surface area contributed by atoms with Crippen molar-refractivity contribution in [2.24, 2.45) is 0 Å². The molecule has 7 heteroatoms. The van der Waals surface area contributed by atoms with Crippen molar-refractivity contribution < 1.29 is 4.74 Å². The van der Waals surface area contributed by atoms with Crippen molar-refractivity contribution in [3.63, 3.8) is 0 Å². The average Bonchev–Trinajstić information content (AvgIpc) is 3.10. The van der Waals surface area contributed by atoms with Gasteiger partial charge in [-0.15, -0.1) is 0 Å². The van der Waals surface area contributed by atoms with Crippen molar-refractivity contribution in [2.75, 3.05) is 36.1 Å². The first-order valence-electron chi connectivity index (χ1n) is 7.40. The van der Waals surface area contributed by atoms with Crippen molar-refractivity contribution in [2.45, 2.75) is 12.8 Å². The Morgan fingerprint density at radius 1 is 1.13 bits per heavy atom. The van der Waals surface area contributed by atoms with Crippen molar-refractivity contribution in [1.29, 1.82) is 0 Å². The molecule has 0 atom stereocenters. The fourth-order valence-electron chi connectivity index (χ4n) is 2.58. The van der Waals surface area contributed by atoms with Crippen LogP contribution in [0.1, 0.15) is 12.8 Å². The summed E-state index contributed by atoms with van der Waals surface area (Å²) < 4.78 is 5.15. The largest absolute Gasteiger partial charge is 0.497 e. The number of hydrogen-bond donors (Lipinski definition) is 2. The van der Waals surface area contributed by atoms with E-state index in [2.05, 4.69) is 15.2 Å². The molecule has 1 aromatic carbocycles. The zero-order valence-electron chi connectivity index (χ0n) is 12.8. The molecular weight excluding hydrogens is 335 g/mol. The fourth-order valence-corrected chi connectivity index (χ4v) is 3.07. The number of nitrogen functional groups attached to an aromatic ring is 1. The number of aromatic nitrogens is 1. The van der Waals surface area contributed by atoms with Crippen LogP contribution in [0.25, 0.3) is 0 Å².